The van der Waals surface area contributed by atoms with E-state index in [1.165, 1.54) is 31.3 Å². The van der Waals surface area contributed by atoms with Crippen LogP contribution in [0.3, 0.4) is 0 Å². The molecule has 1 aliphatic rings. The summed E-state index contributed by atoms with van der Waals surface area (Å²) in [7, 11) is 0. The summed E-state index contributed by atoms with van der Waals surface area (Å²) in [6.07, 6.45) is 6.28. The van der Waals surface area contributed by atoms with Crippen molar-refractivity contribution in [2.75, 3.05) is 5.88 Å². The molecule has 5 heteroatoms. The van der Waals surface area contributed by atoms with Gasteiger partial charge in [0.25, 0.3) is 0 Å². The normalized spacial score (nSPS) is 16.6. The number of alkyl halides is 1. The highest BCUT2D eigenvalue weighted by Crippen LogP contribution is 2.29. The summed E-state index contributed by atoms with van der Waals surface area (Å²) in [5.41, 5.74) is 3.28. The first-order chi connectivity index (χ1) is 9.74. The Morgan fingerprint density at radius 1 is 1.30 bits per heavy atom. The van der Waals surface area contributed by atoms with Crippen molar-refractivity contribution in [3.05, 3.63) is 11.5 Å². The molecule has 0 radical (unpaired) electrons. The Morgan fingerprint density at radius 3 is 2.70 bits per heavy atom. The van der Waals surface area contributed by atoms with Gasteiger partial charge in [-0.3, -0.25) is 0 Å². The van der Waals surface area contributed by atoms with Gasteiger partial charge < -0.3 is 4.57 Å². The van der Waals surface area contributed by atoms with Crippen LogP contribution in [0.25, 0.3) is 11.2 Å². The summed E-state index contributed by atoms with van der Waals surface area (Å²) in [4.78, 5) is 4.81. The molecule has 4 nitrogen and oxygen atoms in total. The highest BCUT2D eigenvalue weighted by Gasteiger charge is 2.22. The lowest BCUT2D eigenvalue weighted by Crippen LogP contribution is -2.14. The zero-order valence-corrected chi connectivity index (χ0v) is 13.2. The van der Waals surface area contributed by atoms with Gasteiger partial charge in [-0.25, -0.2) is 9.67 Å². The van der Waals surface area contributed by atoms with Crippen LogP contribution in [0.2, 0.25) is 0 Å². The molecule has 1 fully saturated rings. The van der Waals surface area contributed by atoms with E-state index in [1.54, 1.807) is 0 Å². The molecule has 1 saturated carbocycles. The summed E-state index contributed by atoms with van der Waals surface area (Å²) < 4.78 is 4.47. The lowest BCUT2D eigenvalue weighted by molar-refractivity contribution is 0.448. The third-order valence-electron chi connectivity index (χ3n) is 4.41. The second-order valence-electron chi connectivity index (χ2n) is 5.80. The number of aryl methyl sites for hydroxylation is 3. The lowest BCUT2D eigenvalue weighted by Gasteiger charge is -2.14. The molecule has 20 heavy (non-hydrogen) atoms. The smallest absolute Gasteiger partial charge is 0.158 e. The summed E-state index contributed by atoms with van der Waals surface area (Å²) in [6, 6.07) is 0. The van der Waals surface area contributed by atoms with E-state index < -0.39 is 0 Å². The first kappa shape index (κ1) is 13.9. The van der Waals surface area contributed by atoms with Crippen molar-refractivity contribution in [2.45, 2.75) is 59.0 Å². The fourth-order valence-electron chi connectivity index (χ4n) is 3.41. The average Bonchev–Trinajstić information content (AvgIpc) is 3.12. The number of rotatable bonds is 5. The van der Waals surface area contributed by atoms with Gasteiger partial charge in [0, 0.05) is 25.4 Å². The molecule has 0 spiro atoms. The molecule has 0 saturated heterocycles. The van der Waals surface area contributed by atoms with Crippen LogP contribution in [-0.2, 0) is 19.5 Å². The number of hydrogen-bond donors (Lipinski definition) is 0. The molecular formula is C15H23ClN4. The topological polar surface area (TPSA) is 35.6 Å². The van der Waals surface area contributed by atoms with Gasteiger partial charge in [-0.15, -0.1) is 11.6 Å². The Balaban J connectivity index is 2.06. The summed E-state index contributed by atoms with van der Waals surface area (Å²) in [5, 5.41) is 4.61. The molecule has 0 unspecified atom stereocenters. The summed E-state index contributed by atoms with van der Waals surface area (Å²) >= 11 is 5.96. The maximum Gasteiger partial charge on any atom is 0.158 e. The Kier molecular flexibility index (Phi) is 4.01. The van der Waals surface area contributed by atoms with Gasteiger partial charge in [0.15, 0.2) is 5.65 Å². The molecule has 2 aromatic heterocycles. The minimum absolute atomic E-state index is 0.628. The van der Waals surface area contributed by atoms with E-state index in [2.05, 4.69) is 21.3 Å². The number of nitrogens with zero attached hydrogens (tertiary/aromatic N) is 4. The van der Waals surface area contributed by atoms with Gasteiger partial charge in [-0.1, -0.05) is 12.8 Å². The predicted octanol–water partition coefficient (Wildman–Crippen LogP) is 3.53. The van der Waals surface area contributed by atoms with Gasteiger partial charge >= 0.3 is 0 Å². The SMILES string of the molecule is CCn1nc(C)c2nc(CCCl)n(CC3CCCC3)c21. The number of aromatic nitrogens is 4. The molecule has 3 rings (SSSR count). The summed E-state index contributed by atoms with van der Waals surface area (Å²) in [5.74, 6) is 2.55. The van der Waals surface area contributed by atoms with Crippen LogP contribution in [0.5, 0.6) is 0 Å². The Bertz CT molecular complexity index is 593. The molecule has 0 bridgehead atoms. The van der Waals surface area contributed by atoms with Crippen molar-refractivity contribution in [3.63, 3.8) is 0 Å². The molecule has 0 aliphatic heterocycles. The van der Waals surface area contributed by atoms with Crippen LogP contribution in [0, 0.1) is 12.8 Å². The largest absolute Gasteiger partial charge is 0.313 e. The van der Waals surface area contributed by atoms with Crippen LogP contribution in [0.15, 0.2) is 0 Å². The van der Waals surface area contributed by atoms with E-state index in [9.17, 15) is 0 Å². The Hall–Kier alpha value is -1.03. The maximum atomic E-state index is 5.96. The Morgan fingerprint density at radius 2 is 2.05 bits per heavy atom. The molecule has 0 atom stereocenters. The van der Waals surface area contributed by atoms with Crippen LogP contribution in [0.4, 0.5) is 0 Å². The van der Waals surface area contributed by atoms with Gasteiger partial charge in [0.1, 0.15) is 11.3 Å². The Labute approximate surface area is 125 Å². The highest BCUT2D eigenvalue weighted by molar-refractivity contribution is 6.17. The molecule has 0 aromatic carbocycles. The molecule has 110 valence electrons. The van der Waals surface area contributed by atoms with Crippen molar-refractivity contribution >= 4 is 22.8 Å². The van der Waals surface area contributed by atoms with Crippen LogP contribution < -0.4 is 0 Å². The van der Waals surface area contributed by atoms with E-state index >= 15 is 0 Å². The quantitative estimate of drug-likeness (QED) is 0.791. The van der Waals surface area contributed by atoms with Crippen molar-refractivity contribution in [2.24, 2.45) is 5.92 Å². The lowest BCUT2D eigenvalue weighted by atomic mass is 10.1. The third kappa shape index (κ3) is 2.34. The van der Waals surface area contributed by atoms with Crippen molar-refractivity contribution in [3.8, 4) is 0 Å². The van der Waals surface area contributed by atoms with Crippen molar-refractivity contribution in [1.82, 2.24) is 19.3 Å². The van der Waals surface area contributed by atoms with Crippen LogP contribution in [0.1, 0.15) is 44.1 Å². The predicted molar refractivity (Wildman–Crippen MR) is 82.3 cm³/mol. The molecule has 2 heterocycles. The van der Waals surface area contributed by atoms with Gasteiger partial charge in [-0.05, 0) is 32.6 Å². The number of fused-ring (bicyclic) bond motifs is 1. The maximum absolute atomic E-state index is 5.96. The van der Waals surface area contributed by atoms with Crippen LogP contribution >= 0.6 is 11.6 Å². The first-order valence-electron chi connectivity index (χ1n) is 7.73. The second-order valence-corrected chi connectivity index (χ2v) is 6.18. The fourth-order valence-corrected chi connectivity index (χ4v) is 3.58. The van der Waals surface area contributed by atoms with Gasteiger partial charge in [-0.2, -0.15) is 5.10 Å². The zero-order valence-electron chi connectivity index (χ0n) is 12.4. The molecule has 2 aromatic rings. The number of halogens is 1. The van der Waals surface area contributed by atoms with E-state index in [0.717, 1.165) is 42.5 Å². The van der Waals surface area contributed by atoms with Gasteiger partial charge in [0.2, 0.25) is 0 Å². The average molecular weight is 295 g/mol. The first-order valence-corrected chi connectivity index (χ1v) is 8.26. The van der Waals surface area contributed by atoms with Crippen molar-refractivity contribution < 1.29 is 0 Å². The molecule has 0 amide bonds. The summed E-state index contributed by atoms with van der Waals surface area (Å²) in [6.45, 7) is 6.15. The van der Waals surface area contributed by atoms with E-state index in [4.69, 9.17) is 16.6 Å². The highest BCUT2D eigenvalue weighted by atomic mass is 35.5. The third-order valence-corrected chi connectivity index (χ3v) is 4.60. The van der Waals surface area contributed by atoms with E-state index in [1.807, 2.05) is 6.92 Å². The van der Waals surface area contributed by atoms with E-state index in [0.29, 0.717) is 5.88 Å². The van der Waals surface area contributed by atoms with E-state index in [-0.39, 0.29) is 0 Å². The standard InChI is InChI=1S/C15H23ClN4/c1-3-20-15-14(11(2)18-20)17-13(8-9-16)19(15)10-12-6-4-5-7-12/h12H,3-10H2,1-2H3. The molecular weight excluding hydrogens is 272 g/mol. The monoisotopic (exact) mass is 294 g/mol. The second kappa shape index (κ2) is 5.76. The minimum Gasteiger partial charge on any atom is -0.313 e. The number of imidazole rings is 1. The van der Waals surface area contributed by atoms with Gasteiger partial charge in [0.05, 0.1) is 5.69 Å². The molecule has 1 aliphatic carbocycles. The zero-order chi connectivity index (χ0) is 14.1. The number of hydrogen-bond acceptors (Lipinski definition) is 2. The van der Waals surface area contributed by atoms with Crippen molar-refractivity contribution in [1.29, 1.82) is 0 Å². The van der Waals surface area contributed by atoms with Crippen LogP contribution in [-0.4, -0.2) is 25.2 Å². The fraction of sp³-hybridized carbons (Fsp3) is 0.733. The minimum atomic E-state index is 0.628. The molecule has 0 N–H and O–H groups in total.